The lowest BCUT2D eigenvalue weighted by Gasteiger charge is -2.35. The highest BCUT2D eigenvalue weighted by atomic mass is 16.6. The van der Waals surface area contributed by atoms with Gasteiger partial charge in [-0.25, -0.2) is 9.59 Å². The number of methoxy groups -OCH3 is 1. The third-order valence-electron chi connectivity index (χ3n) is 5.51. The van der Waals surface area contributed by atoms with Gasteiger partial charge in [0.15, 0.2) is 6.61 Å². The molecule has 1 N–H and O–H groups in total. The maximum atomic E-state index is 12.9. The Hall–Kier alpha value is -3.10. The lowest BCUT2D eigenvalue weighted by atomic mass is 9.81. The van der Waals surface area contributed by atoms with Crippen LogP contribution >= 0.6 is 0 Å². The van der Waals surface area contributed by atoms with Gasteiger partial charge < -0.3 is 19.7 Å². The second-order valence-corrected chi connectivity index (χ2v) is 7.26. The monoisotopic (exact) mass is 403 g/mol. The van der Waals surface area contributed by atoms with Gasteiger partial charge in [-0.1, -0.05) is 19.3 Å². The largest absolute Gasteiger partial charge is 0.482 e. The van der Waals surface area contributed by atoms with Crippen LogP contribution in [0.5, 0.6) is 5.75 Å². The van der Waals surface area contributed by atoms with E-state index in [1.807, 2.05) is 0 Å². The molecule has 2 aliphatic rings. The molecule has 1 aromatic carbocycles. The molecule has 156 valence electrons. The van der Waals surface area contributed by atoms with Crippen molar-refractivity contribution in [3.8, 4) is 5.75 Å². The Kier molecular flexibility index (Phi) is 6.05. The molecule has 0 atom stereocenters. The highest BCUT2D eigenvalue weighted by Crippen LogP contribution is 2.39. The van der Waals surface area contributed by atoms with E-state index in [-0.39, 0.29) is 19.1 Å². The number of esters is 1. The third-order valence-corrected chi connectivity index (χ3v) is 5.51. The Labute approximate surface area is 168 Å². The Bertz CT molecular complexity index is 801. The van der Waals surface area contributed by atoms with Gasteiger partial charge in [0.05, 0.1) is 7.11 Å². The zero-order valence-corrected chi connectivity index (χ0v) is 16.6. The number of ether oxygens (including phenoxy) is 2. The summed E-state index contributed by atoms with van der Waals surface area (Å²) in [6, 6.07) is 5.96. The van der Waals surface area contributed by atoms with Crippen molar-refractivity contribution in [3.63, 3.8) is 0 Å². The number of hydrogen-bond donors (Lipinski definition) is 1. The van der Waals surface area contributed by atoms with Crippen LogP contribution in [0.25, 0.3) is 0 Å². The van der Waals surface area contributed by atoms with Gasteiger partial charge in [0.1, 0.15) is 17.8 Å². The number of benzene rings is 1. The molecular formula is C20H25N3O6. The topological polar surface area (TPSA) is 105 Å². The van der Waals surface area contributed by atoms with E-state index >= 15 is 0 Å². The first kappa shape index (κ1) is 20.6. The van der Waals surface area contributed by atoms with Crippen molar-refractivity contribution in [2.75, 3.05) is 32.6 Å². The van der Waals surface area contributed by atoms with E-state index in [4.69, 9.17) is 4.74 Å². The van der Waals surface area contributed by atoms with Crippen LogP contribution in [-0.2, 0) is 19.1 Å². The maximum Gasteiger partial charge on any atom is 0.343 e. The number of rotatable bonds is 6. The van der Waals surface area contributed by atoms with E-state index in [2.05, 4.69) is 10.1 Å². The molecule has 1 aromatic rings. The fourth-order valence-electron chi connectivity index (χ4n) is 3.85. The van der Waals surface area contributed by atoms with E-state index in [1.54, 1.807) is 31.3 Å². The Morgan fingerprint density at radius 3 is 2.38 bits per heavy atom. The normalized spacial score (nSPS) is 18.1. The van der Waals surface area contributed by atoms with Crippen molar-refractivity contribution in [2.24, 2.45) is 0 Å². The summed E-state index contributed by atoms with van der Waals surface area (Å²) >= 11 is 0. The number of hydrogen-bond acceptors (Lipinski definition) is 6. The second kappa shape index (κ2) is 8.50. The van der Waals surface area contributed by atoms with Crippen LogP contribution in [-0.4, -0.2) is 66.5 Å². The quantitative estimate of drug-likeness (QED) is 0.573. The molecule has 0 bridgehead atoms. The summed E-state index contributed by atoms with van der Waals surface area (Å²) < 4.78 is 9.73. The number of amides is 4. The van der Waals surface area contributed by atoms with Gasteiger partial charge in [-0.15, -0.1) is 0 Å². The van der Waals surface area contributed by atoms with Crippen molar-refractivity contribution in [2.45, 2.75) is 37.6 Å². The smallest absolute Gasteiger partial charge is 0.343 e. The highest BCUT2D eigenvalue weighted by molar-refractivity contribution is 6.10. The summed E-state index contributed by atoms with van der Waals surface area (Å²) in [6.07, 6.45) is 4.12. The molecule has 1 aliphatic carbocycles. The van der Waals surface area contributed by atoms with Crippen LogP contribution in [0, 0.1) is 0 Å². The summed E-state index contributed by atoms with van der Waals surface area (Å²) in [5, 5.41) is 2.67. The molecule has 0 unspecified atom stereocenters. The van der Waals surface area contributed by atoms with Crippen LogP contribution in [0.15, 0.2) is 24.3 Å². The lowest BCUT2D eigenvalue weighted by molar-refractivity contribution is -0.143. The maximum absolute atomic E-state index is 12.9. The van der Waals surface area contributed by atoms with Crippen LogP contribution < -0.4 is 10.1 Å². The second-order valence-electron chi connectivity index (χ2n) is 7.26. The highest BCUT2D eigenvalue weighted by Gasteiger charge is 2.55. The van der Waals surface area contributed by atoms with Crippen molar-refractivity contribution in [1.82, 2.24) is 9.80 Å². The fourth-order valence-corrected chi connectivity index (χ4v) is 3.85. The van der Waals surface area contributed by atoms with Crippen LogP contribution in [0.3, 0.4) is 0 Å². The van der Waals surface area contributed by atoms with E-state index in [1.165, 1.54) is 12.0 Å². The molecular weight excluding hydrogens is 378 g/mol. The summed E-state index contributed by atoms with van der Waals surface area (Å²) in [4.78, 5) is 51.5. The number of imide groups is 1. The number of nitrogens with zero attached hydrogens (tertiary/aromatic N) is 2. The molecule has 29 heavy (non-hydrogen) atoms. The standard InChI is InChI=1S/C20H25N3O6/c1-22-19(27)23(18(26)20(22)10-4-3-5-11-20)12-16(24)21-14-6-8-15(9-7-14)29-13-17(25)28-2/h6-9H,3-5,10-13H2,1-2H3,(H,21,24). The molecule has 1 spiro atoms. The van der Waals surface area contributed by atoms with Gasteiger partial charge >= 0.3 is 12.0 Å². The molecule has 1 aliphatic heterocycles. The zero-order valence-electron chi connectivity index (χ0n) is 16.6. The van der Waals surface area contributed by atoms with E-state index in [9.17, 15) is 19.2 Å². The first-order valence-electron chi connectivity index (χ1n) is 9.57. The average Bonchev–Trinajstić information content (AvgIpc) is 2.90. The number of likely N-dealkylation sites (N-methyl/N-ethyl adjacent to an activating group) is 1. The van der Waals surface area contributed by atoms with Gasteiger partial charge in [0.25, 0.3) is 5.91 Å². The average molecular weight is 403 g/mol. The minimum Gasteiger partial charge on any atom is -0.482 e. The molecule has 1 saturated carbocycles. The summed E-state index contributed by atoms with van der Waals surface area (Å²) in [5.74, 6) is -0.801. The molecule has 3 rings (SSSR count). The predicted octanol–water partition coefficient (Wildman–Crippen LogP) is 1.77. The van der Waals surface area contributed by atoms with Crippen molar-refractivity contribution in [3.05, 3.63) is 24.3 Å². The van der Waals surface area contributed by atoms with Crippen molar-refractivity contribution < 1.29 is 28.7 Å². The summed E-state index contributed by atoms with van der Waals surface area (Å²) in [6.45, 7) is -0.541. The molecule has 0 aromatic heterocycles. The first-order valence-corrected chi connectivity index (χ1v) is 9.57. The molecule has 9 nitrogen and oxygen atoms in total. The van der Waals surface area contributed by atoms with Crippen LogP contribution in [0.2, 0.25) is 0 Å². The Morgan fingerprint density at radius 1 is 1.10 bits per heavy atom. The number of nitrogens with one attached hydrogen (secondary N) is 1. The molecule has 4 amide bonds. The minimum atomic E-state index is -0.797. The Balaban J connectivity index is 1.58. The molecule has 9 heteroatoms. The number of urea groups is 1. The zero-order chi connectivity index (χ0) is 21.0. The van der Waals surface area contributed by atoms with Crippen LogP contribution in [0.1, 0.15) is 32.1 Å². The van der Waals surface area contributed by atoms with Gasteiger partial charge in [-0.05, 0) is 37.1 Å². The van der Waals surface area contributed by atoms with E-state index < -0.39 is 23.4 Å². The van der Waals surface area contributed by atoms with Crippen molar-refractivity contribution >= 4 is 29.5 Å². The van der Waals surface area contributed by atoms with E-state index in [0.717, 1.165) is 24.2 Å². The minimum absolute atomic E-state index is 0.212. The fraction of sp³-hybridized carbons (Fsp3) is 0.500. The molecule has 1 saturated heterocycles. The molecule has 1 heterocycles. The molecule has 2 fully saturated rings. The van der Waals surface area contributed by atoms with Crippen molar-refractivity contribution in [1.29, 1.82) is 0 Å². The summed E-state index contributed by atoms with van der Waals surface area (Å²) in [5.41, 5.74) is -0.311. The van der Waals surface area contributed by atoms with Gasteiger partial charge in [-0.3, -0.25) is 14.5 Å². The van der Waals surface area contributed by atoms with Gasteiger partial charge in [-0.2, -0.15) is 0 Å². The van der Waals surface area contributed by atoms with E-state index in [0.29, 0.717) is 24.3 Å². The first-order chi connectivity index (χ1) is 13.9. The van der Waals surface area contributed by atoms with Gasteiger partial charge in [0.2, 0.25) is 5.91 Å². The Morgan fingerprint density at radius 2 is 1.76 bits per heavy atom. The third kappa shape index (κ3) is 4.18. The lowest BCUT2D eigenvalue weighted by Crippen LogP contribution is -2.49. The number of carbonyl (C=O) groups excluding carboxylic acids is 4. The SMILES string of the molecule is COC(=O)COc1ccc(NC(=O)CN2C(=O)N(C)C3(CCCCC3)C2=O)cc1. The molecule has 0 radical (unpaired) electrons. The summed E-state index contributed by atoms with van der Waals surface area (Å²) in [7, 11) is 2.91. The number of carbonyl (C=O) groups is 4. The van der Waals surface area contributed by atoms with Crippen LogP contribution in [0.4, 0.5) is 10.5 Å². The number of anilines is 1. The predicted molar refractivity (Wildman–Crippen MR) is 103 cm³/mol. The van der Waals surface area contributed by atoms with Gasteiger partial charge in [0, 0.05) is 12.7 Å².